The molecule has 0 radical (unpaired) electrons. The molecule has 1 heterocycles. The zero-order valence-electron chi connectivity index (χ0n) is 15.9. The van der Waals surface area contributed by atoms with Crippen LogP contribution in [0.2, 0.25) is 0 Å². The van der Waals surface area contributed by atoms with Crippen molar-refractivity contribution in [1.82, 2.24) is 0 Å². The van der Waals surface area contributed by atoms with Crippen molar-refractivity contribution in [2.45, 2.75) is 25.8 Å². The third-order valence-corrected chi connectivity index (χ3v) is 4.95. The van der Waals surface area contributed by atoms with Crippen LogP contribution in [-0.2, 0) is 14.3 Å². The number of hydrogen-bond acceptors (Lipinski definition) is 5. The van der Waals surface area contributed by atoms with Gasteiger partial charge < -0.3 is 14.4 Å². The maximum atomic E-state index is 12.9. The first-order valence-electron chi connectivity index (χ1n) is 9.11. The first-order valence-corrected chi connectivity index (χ1v) is 9.11. The van der Waals surface area contributed by atoms with Crippen LogP contribution in [0.25, 0.3) is 0 Å². The average molecular weight is 378 g/mol. The fourth-order valence-corrected chi connectivity index (χ4v) is 3.54. The van der Waals surface area contributed by atoms with E-state index < -0.39 is 17.9 Å². The predicted molar refractivity (Wildman–Crippen MR) is 104 cm³/mol. The van der Waals surface area contributed by atoms with E-state index in [2.05, 4.69) is 0 Å². The number of benzene rings is 2. The van der Waals surface area contributed by atoms with E-state index in [9.17, 15) is 9.59 Å². The molecule has 2 atom stereocenters. The fraction of sp³-hybridized carbons (Fsp3) is 0.318. The standard InChI is InChI=1S/C22H22N2O4/c1-15-3-7-17(8-4-15)24-20(25)12-11-19(22(26)28-14-13-23)21(24)16-5-9-18(27-2)10-6-16/h3-10,19,21H,11-12,14H2,1-2H3/t19-,21-/m1/s1. The van der Waals surface area contributed by atoms with Crippen molar-refractivity contribution in [2.24, 2.45) is 5.92 Å². The monoisotopic (exact) mass is 378 g/mol. The first-order chi connectivity index (χ1) is 13.5. The quantitative estimate of drug-likeness (QED) is 0.744. The largest absolute Gasteiger partial charge is 0.497 e. The van der Waals surface area contributed by atoms with E-state index >= 15 is 0 Å². The summed E-state index contributed by atoms with van der Waals surface area (Å²) in [5, 5.41) is 8.75. The molecule has 0 aliphatic carbocycles. The SMILES string of the molecule is COc1ccc([C@@H]2[C@H](C(=O)OCC#N)CCC(=O)N2c2ccc(C)cc2)cc1. The normalized spacial score (nSPS) is 19.0. The predicted octanol–water partition coefficient (Wildman–Crippen LogP) is 3.55. The lowest BCUT2D eigenvalue weighted by Gasteiger charge is -2.40. The zero-order chi connectivity index (χ0) is 20.1. The Morgan fingerprint density at radius 1 is 1.18 bits per heavy atom. The highest BCUT2D eigenvalue weighted by Gasteiger charge is 2.42. The minimum atomic E-state index is -0.555. The van der Waals surface area contributed by atoms with E-state index in [1.165, 1.54) is 0 Å². The van der Waals surface area contributed by atoms with Gasteiger partial charge in [0.1, 0.15) is 11.8 Å². The van der Waals surface area contributed by atoms with E-state index in [4.69, 9.17) is 14.7 Å². The van der Waals surface area contributed by atoms with Gasteiger partial charge in [-0.2, -0.15) is 5.26 Å². The molecule has 6 heteroatoms. The van der Waals surface area contributed by atoms with Crippen molar-refractivity contribution in [2.75, 3.05) is 18.6 Å². The molecular formula is C22H22N2O4. The molecule has 0 unspecified atom stereocenters. The zero-order valence-corrected chi connectivity index (χ0v) is 15.9. The molecule has 0 N–H and O–H groups in total. The van der Waals surface area contributed by atoms with Gasteiger partial charge in [-0.25, -0.2) is 0 Å². The van der Waals surface area contributed by atoms with Crippen LogP contribution in [0.1, 0.15) is 30.0 Å². The smallest absolute Gasteiger partial charge is 0.312 e. The van der Waals surface area contributed by atoms with Crippen LogP contribution in [0.3, 0.4) is 0 Å². The van der Waals surface area contributed by atoms with Gasteiger partial charge in [0.25, 0.3) is 0 Å². The summed E-state index contributed by atoms with van der Waals surface area (Å²) in [6.07, 6.45) is 0.620. The maximum Gasteiger partial charge on any atom is 0.312 e. The van der Waals surface area contributed by atoms with Crippen LogP contribution < -0.4 is 9.64 Å². The summed E-state index contributed by atoms with van der Waals surface area (Å²) >= 11 is 0. The Kier molecular flexibility index (Phi) is 5.95. The van der Waals surface area contributed by atoms with Crippen molar-refractivity contribution in [3.63, 3.8) is 0 Å². The highest BCUT2D eigenvalue weighted by atomic mass is 16.5. The molecule has 2 aromatic rings. The van der Waals surface area contributed by atoms with E-state index in [0.29, 0.717) is 12.2 Å². The summed E-state index contributed by atoms with van der Waals surface area (Å²) in [5.41, 5.74) is 2.63. The van der Waals surface area contributed by atoms with E-state index in [0.717, 1.165) is 16.8 Å². The summed E-state index contributed by atoms with van der Waals surface area (Å²) in [4.78, 5) is 27.2. The molecule has 1 fully saturated rings. The third-order valence-electron chi connectivity index (χ3n) is 4.95. The van der Waals surface area contributed by atoms with Crippen LogP contribution in [0.15, 0.2) is 48.5 Å². The Labute approximate surface area is 164 Å². The van der Waals surface area contributed by atoms with Crippen LogP contribution in [0, 0.1) is 24.2 Å². The average Bonchev–Trinajstić information content (AvgIpc) is 2.72. The topological polar surface area (TPSA) is 79.6 Å². The second-order valence-electron chi connectivity index (χ2n) is 6.73. The number of nitriles is 1. The Morgan fingerprint density at radius 2 is 1.86 bits per heavy atom. The summed E-state index contributed by atoms with van der Waals surface area (Å²) in [7, 11) is 1.58. The summed E-state index contributed by atoms with van der Waals surface area (Å²) < 4.78 is 10.3. The van der Waals surface area contributed by atoms with Crippen LogP contribution in [-0.4, -0.2) is 25.6 Å². The van der Waals surface area contributed by atoms with Gasteiger partial charge >= 0.3 is 5.97 Å². The van der Waals surface area contributed by atoms with Crippen LogP contribution in [0.5, 0.6) is 5.75 Å². The molecule has 1 amide bonds. The highest BCUT2D eigenvalue weighted by molar-refractivity contribution is 5.97. The molecule has 0 aromatic heterocycles. The number of ether oxygens (including phenoxy) is 2. The molecule has 28 heavy (non-hydrogen) atoms. The lowest BCUT2D eigenvalue weighted by molar-refractivity contribution is -0.149. The Balaban J connectivity index is 2.05. The van der Waals surface area contributed by atoms with Crippen molar-refractivity contribution in [3.8, 4) is 11.8 Å². The van der Waals surface area contributed by atoms with Crippen LogP contribution >= 0.6 is 0 Å². The Bertz CT molecular complexity index is 884. The molecule has 1 aliphatic rings. The molecule has 3 rings (SSSR count). The van der Waals surface area contributed by atoms with E-state index in [-0.39, 0.29) is 18.9 Å². The maximum absolute atomic E-state index is 12.9. The van der Waals surface area contributed by atoms with E-state index in [1.54, 1.807) is 24.1 Å². The molecule has 2 aromatic carbocycles. The van der Waals surface area contributed by atoms with Crippen molar-refractivity contribution < 1.29 is 19.1 Å². The third kappa shape index (κ3) is 3.99. The number of aryl methyl sites for hydroxylation is 1. The second-order valence-corrected chi connectivity index (χ2v) is 6.73. The lowest BCUT2D eigenvalue weighted by atomic mass is 9.83. The van der Waals surface area contributed by atoms with Gasteiger partial charge in [-0.1, -0.05) is 29.8 Å². The van der Waals surface area contributed by atoms with Crippen molar-refractivity contribution in [1.29, 1.82) is 5.26 Å². The number of amides is 1. The molecule has 6 nitrogen and oxygen atoms in total. The van der Waals surface area contributed by atoms with Gasteiger partial charge in [0.15, 0.2) is 6.61 Å². The van der Waals surface area contributed by atoms with Gasteiger partial charge in [0.2, 0.25) is 5.91 Å². The number of anilines is 1. The Morgan fingerprint density at radius 3 is 2.46 bits per heavy atom. The van der Waals surface area contributed by atoms with E-state index in [1.807, 2.05) is 49.4 Å². The molecule has 1 aliphatic heterocycles. The highest BCUT2D eigenvalue weighted by Crippen LogP contribution is 2.41. The first kappa shape index (κ1) is 19.4. The number of hydrogen-bond donors (Lipinski definition) is 0. The molecule has 0 saturated carbocycles. The summed E-state index contributed by atoms with van der Waals surface area (Å²) in [6, 6.07) is 16.3. The number of nitrogens with zero attached hydrogens (tertiary/aromatic N) is 2. The van der Waals surface area contributed by atoms with Gasteiger partial charge in [-0.3, -0.25) is 9.59 Å². The Hall–Kier alpha value is -3.33. The minimum Gasteiger partial charge on any atom is -0.497 e. The van der Waals surface area contributed by atoms with Crippen LogP contribution in [0.4, 0.5) is 5.69 Å². The minimum absolute atomic E-state index is 0.0472. The number of piperidine rings is 1. The fourth-order valence-electron chi connectivity index (χ4n) is 3.54. The van der Waals surface area contributed by atoms with Gasteiger partial charge in [-0.05, 0) is 43.2 Å². The summed E-state index contributed by atoms with van der Waals surface area (Å²) in [5.74, 6) is -0.377. The molecule has 0 bridgehead atoms. The van der Waals surface area contributed by atoms with Gasteiger partial charge in [0, 0.05) is 12.1 Å². The number of esters is 1. The molecule has 1 saturated heterocycles. The molecule has 0 spiro atoms. The second kappa shape index (κ2) is 8.57. The molecule has 144 valence electrons. The van der Waals surface area contributed by atoms with Crippen molar-refractivity contribution in [3.05, 3.63) is 59.7 Å². The summed E-state index contributed by atoms with van der Waals surface area (Å²) in [6.45, 7) is 1.67. The van der Waals surface area contributed by atoms with Gasteiger partial charge in [-0.15, -0.1) is 0 Å². The number of rotatable bonds is 5. The number of methoxy groups -OCH3 is 1. The number of carbonyl (C=O) groups excluding carboxylic acids is 2. The lowest BCUT2D eigenvalue weighted by Crippen LogP contribution is -2.46. The van der Waals surface area contributed by atoms with Crippen molar-refractivity contribution >= 4 is 17.6 Å². The molecular weight excluding hydrogens is 356 g/mol. The van der Waals surface area contributed by atoms with Gasteiger partial charge in [0.05, 0.1) is 19.1 Å². The number of carbonyl (C=O) groups is 2.